The van der Waals surface area contributed by atoms with Gasteiger partial charge in [-0.1, -0.05) is 13.3 Å². The monoisotopic (exact) mass is 284 g/mol. The van der Waals surface area contributed by atoms with Crippen LogP contribution in [0.4, 0.5) is 15.8 Å². The highest BCUT2D eigenvalue weighted by atomic mass is 19.1. The van der Waals surface area contributed by atoms with E-state index in [2.05, 4.69) is 12.2 Å². The molecule has 3 N–H and O–H groups in total. The maximum atomic E-state index is 13.5. The predicted octanol–water partition coefficient (Wildman–Crippen LogP) is 3.43. The summed E-state index contributed by atoms with van der Waals surface area (Å²) < 4.78 is 24.2. The van der Waals surface area contributed by atoms with Crippen molar-refractivity contribution in [2.45, 2.75) is 33.1 Å². The average molecular weight is 284 g/mol. The molecule has 0 aliphatic heterocycles. The van der Waals surface area contributed by atoms with Gasteiger partial charge in [0.1, 0.15) is 0 Å². The van der Waals surface area contributed by atoms with E-state index in [1.165, 1.54) is 6.07 Å². The summed E-state index contributed by atoms with van der Waals surface area (Å²) >= 11 is 0. The summed E-state index contributed by atoms with van der Waals surface area (Å²) in [5.41, 5.74) is 6.86. The van der Waals surface area contributed by atoms with Crippen molar-refractivity contribution < 1.29 is 13.9 Å². The minimum atomic E-state index is -0.433. The number of hydrogen-bond donors (Lipinski definition) is 2. The molecule has 0 aliphatic carbocycles. The summed E-state index contributed by atoms with van der Waals surface area (Å²) in [6.07, 6.45) is 3.12. The van der Waals surface area contributed by atoms with Gasteiger partial charge in [0.15, 0.2) is 11.6 Å². The Labute approximate surface area is 120 Å². The largest absolute Gasteiger partial charge is 0.491 e. The molecule has 0 amide bonds. The highest BCUT2D eigenvalue weighted by Gasteiger charge is 2.08. The maximum Gasteiger partial charge on any atom is 0.167 e. The van der Waals surface area contributed by atoms with Crippen LogP contribution in [0.15, 0.2) is 12.1 Å². The second-order valence-corrected chi connectivity index (χ2v) is 4.55. The van der Waals surface area contributed by atoms with E-state index in [0.717, 1.165) is 32.4 Å². The molecular formula is C15H25FN2O2. The first-order chi connectivity index (χ1) is 9.69. The minimum absolute atomic E-state index is 0.225. The van der Waals surface area contributed by atoms with E-state index in [0.29, 0.717) is 24.6 Å². The van der Waals surface area contributed by atoms with Crippen LogP contribution in [0.1, 0.15) is 33.1 Å². The molecule has 114 valence electrons. The summed E-state index contributed by atoms with van der Waals surface area (Å²) in [5, 5.41) is 3.18. The molecule has 0 aliphatic rings. The van der Waals surface area contributed by atoms with Crippen LogP contribution in [-0.4, -0.2) is 26.4 Å². The van der Waals surface area contributed by atoms with Crippen LogP contribution in [0.2, 0.25) is 0 Å². The number of nitrogen functional groups attached to an aromatic ring is 1. The van der Waals surface area contributed by atoms with Gasteiger partial charge in [-0.3, -0.25) is 0 Å². The minimum Gasteiger partial charge on any atom is -0.491 e. The normalized spacial score (nSPS) is 10.6. The van der Waals surface area contributed by atoms with Gasteiger partial charge in [0, 0.05) is 31.9 Å². The molecule has 0 aromatic heterocycles. The summed E-state index contributed by atoms with van der Waals surface area (Å²) in [6.45, 7) is 6.63. The SMILES string of the molecule is CCCCOCCCNc1cc(OCC)c(F)cc1N. The van der Waals surface area contributed by atoms with Crippen molar-refractivity contribution in [2.75, 3.05) is 37.4 Å². The summed E-state index contributed by atoms with van der Waals surface area (Å²) in [4.78, 5) is 0. The quantitative estimate of drug-likeness (QED) is 0.510. The average Bonchev–Trinajstić information content (AvgIpc) is 2.42. The molecule has 5 heteroatoms. The van der Waals surface area contributed by atoms with E-state index < -0.39 is 5.82 Å². The first-order valence-electron chi connectivity index (χ1n) is 7.22. The lowest BCUT2D eigenvalue weighted by atomic mass is 10.2. The zero-order chi connectivity index (χ0) is 14.8. The molecule has 0 radical (unpaired) electrons. The molecule has 0 atom stereocenters. The number of unbranched alkanes of at least 4 members (excludes halogenated alkanes) is 1. The molecular weight excluding hydrogens is 259 g/mol. The molecule has 1 aromatic rings. The molecule has 0 heterocycles. The van der Waals surface area contributed by atoms with Crippen molar-refractivity contribution in [3.63, 3.8) is 0 Å². The second kappa shape index (κ2) is 9.42. The first kappa shape index (κ1) is 16.6. The lowest BCUT2D eigenvalue weighted by Crippen LogP contribution is -2.08. The standard InChI is InChI=1S/C15H25FN2O2/c1-3-5-8-19-9-6-7-18-14-11-15(20-4-2)12(16)10-13(14)17/h10-11,18H,3-9,17H2,1-2H3. The van der Waals surface area contributed by atoms with Gasteiger partial charge in [-0.05, 0) is 19.8 Å². The van der Waals surface area contributed by atoms with Crippen LogP contribution >= 0.6 is 0 Å². The molecule has 1 aromatic carbocycles. The van der Waals surface area contributed by atoms with Gasteiger partial charge in [-0.2, -0.15) is 0 Å². The van der Waals surface area contributed by atoms with Gasteiger partial charge < -0.3 is 20.5 Å². The van der Waals surface area contributed by atoms with Crippen LogP contribution in [0.3, 0.4) is 0 Å². The molecule has 0 unspecified atom stereocenters. The van der Waals surface area contributed by atoms with Crippen molar-refractivity contribution in [2.24, 2.45) is 0 Å². The Morgan fingerprint density at radius 1 is 1.20 bits per heavy atom. The lowest BCUT2D eigenvalue weighted by Gasteiger charge is -2.12. The summed E-state index contributed by atoms with van der Waals surface area (Å²) in [6, 6.07) is 2.89. The molecule has 0 spiro atoms. The third kappa shape index (κ3) is 5.65. The number of anilines is 2. The Balaban J connectivity index is 2.37. The fraction of sp³-hybridized carbons (Fsp3) is 0.600. The van der Waals surface area contributed by atoms with E-state index in [9.17, 15) is 4.39 Å². The molecule has 0 fully saturated rings. The first-order valence-corrected chi connectivity index (χ1v) is 7.22. The summed E-state index contributed by atoms with van der Waals surface area (Å²) in [5.74, 6) is -0.207. The van der Waals surface area contributed by atoms with Crippen LogP contribution < -0.4 is 15.8 Å². The molecule has 0 saturated heterocycles. The highest BCUT2D eigenvalue weighted by molar-refractivity contribution is 5.68. The third-order valence-corrected chi connectivity index (χ3v) is 2.83. The van der Waals surface area contributed by atoms with Crippen molar-refractivity contribution in [1.82, 2.24) is 0 Å². The van der Waals surface area contributed by atoms with Crippen LogP contribution in [0.5, 0.6) is 5.75 Å². The Morgan fingerprint density at radius 2 is 1.95 bits per heavy atom. The van der Waals surface area contributed by atoms with E-state index >= 15 is 0 Å². The van der Waals surface area contributed by atoms with E-state index in [-0.39, 0.29) is 5.75 Å². The number of hydrogen-bond acceptors (Lipinski definition) is 4. The van der Waals surface area contributed by atoms with Gasteiger partial charge in [-0.25, -0.2) is 4.39 Å². The topological polar surface area (TPSA) is 56.5 Å². The van der Waals surface area contributed by atoms with Crippen molar-refractivity contribution in [3.05, 3.63) is 17.9 Å². The number of rotatable bonds is 10. The Morgan fingerprint density at radius 3 is 2.65 bits per heavy atom. The molecule has 4 nitrogen and oxygen atoms in total. The van der Waals surface area contributed by atoms with Gasteiger partial charge in [0.05, 0.1) is 18.0 Å². The van der Waals surface area contributed by atoms with Crippen molar-refractivity contribution >= 4 is 11.4 Å². The smallest absolute Gasteiger partial charge is 0.167 e. The van der Waals surface area contributed by atoms with Crippen molar-refractivity contribution in [1.29, 1.82) is 0 Å². The number of ether oxygens (including phenoxy) is 2. The molecule has 20 heavy (non-hydrogen) atoms. The fourth-order valence-electron chi connectivity index (χ4n) is 1.73. The Kier molecular flexibility index (Phi) is 7.80. The predicted molar refractivity (Wildman–Crippen MR) is 80.8 cm³/mol. The Hall–Kier alpha value is -1.49. The number of nitrogens with two attached hydrogens (primary N) is 1. The Bertz CT molecular complexity index is 400. The van der Waals surface area contributed by atoms with Gasteiger partial charge in [-0.15, -0.1) is 0 Å². The number of nitrogens with one attached hydrogen (secondary N) is 1. The number of benzene rings is 1. The van der Waals surface area contributed by atoms with E-state index in [1.54, 1.807) is 6.07 Å². The molecule has 0 bridgehead atoms. The third-order valence-electron chi connectivity index (χ3n) is 2.83. The van der Waals surface area contributed by atoms with Gasteiger partial charge >= 0.3 is 0 Å². The van der Waals surface area contributed by atoms with Crippen LogP contribution in [0.25, 0.3) is 0 Å². The maximum absolute atomic E-state index is 13.5. The van der Waals surface area contributed by atoms with Gasteiger partial charge in [0.2, 0.25) is 0 Å². The van der Waals surface area contributed by atoms with E-state index in [4.69, 9.17) is 15.2 Å². The highest BCUT2D eigenvalue weighted by Crippen LogP contribution is 2.28. The zero-order valence-electron chi connectivity index (χ0n) is 12.4. The van der Waals surface area contributed by atoms with Crippen LogP contribution in [0, 0.1) is 5.82 Å². The second-order valence-electron chi connectivity index (χ2n) is 4.55. The van der Waals surface area contributed by atoms with E-state index in [1.807, 2.05) is 6.92 Å². The van der Waals surface area contributed by atoms with Crippen molar-refractivity contribution in [3.8, 4) is 5.75 Å². The molecule has 0 saturated carbocycles. The van der Waals surface area contributed by atoms with Crippen LogP contribution in [-0.2, 0) is 4.74 Å². The summed E-state index contributed by atoms with van der Waals surface area (Å²) in [7, 11) is 0. The lowest BCUT2D eigenvalue weighted by molar-refractivity contribution is 0.131. The van der Waals surface area contributed by atoms with Gasteiger partial charge in [0.25, 0.3) is 0 Å². The zero-order valence-corrected chi connectivity index (χ0v) is 12.4. The fourth-order valence-corrected chi connectivity index (χ4v) is 1.73. The number of halogens is 1. The molecule has 1 rings (SSSR count).